The van der Waals surface area contributed by atoms with Crippen LogP contribution < -0.4 is 0 Å². The summed E-state index contributed by atoms with van der Waals surface area (Å²) in [5.41, 5.74) is 1.08. The lowest BCUT2D eigenvalue weighted by molar-refractivity contribution is -0.868. The molecular weight excluding hydrogens is 282 g/mol. The van der Waals surface area contributed by atoms with E-state index < -0.39 is 0 Å². The summed E-state index contributed by atoms with van der Waals surface area (Å²) in [6.07, 6.45) is 3.67. The molecule has 0 N–H and O–H groups in total. The van der Waals surface area contributed by atoms with Crippen LogP contribution in [-0.2, 0) is 6.54 Å². The lowest BCUT2D eigenvalue weighted by Gasteiger charge is -2.38. The lowest BCUT2D eigenvalue weighted by Crippen LogP contribution is -2.36. The smallest absolute Gasteiger partial charge is 0.105 e. The number of nitrogens with zero attached hydrogens (tertiary/aromatic N) is 1. The average Bonchev–Trinajstić information content (AvgIpc) is 2.45. The van der Waals surface area contributed by atoms with Crippen LogP contribution in [0.4, 0.5) is 0 Å². The summed E-state index contributed by atoms with van der Waals surface area (Å²) in [5, 5.41) is 15.1. The second kappa shape index (κ2) is 7.00. The molecule has 0 amide bonds. The van der Waals surface area contributed by atoms with Gasteiger partial charge in [0, 0.05) is 11.0 Å². The van der Waals surface area contributed by atoms with Crippen molar-refractivity contribution in [1.29, 1.82) is 0 Å². The first-order chi connectivity index (χ1) is 10.8. The summed E-state index contributed by atoms with van der Waals surface area (Å²) in [4.78, 5) is 0. The zero-order valence-corrected chi connectivity index (χ0v) is 14.5. The summed E-state index contributed by atoms with van der Waals surface area (Å²) < 4.78 is -0.332. The third kappa shape index (κ3) is 5.56. The van der Waals surface area contributed by atoms with E-state index in [-0.39, 0.29) is 10.1 Å². The van der Waals surface area contributed by atoms with Crippen LogP contribution in [0.5, 0.6) is 0 Å². The molecule has 0 fully saturated rings. The van der Waals surface area contributed by atoms with Crippen molar-refractivity contribution in [1.82, 2.24) is 0 Å². The predicted molar refractivity (Wildman–Crippen MR) is 98.4 cm³/mol. The fourth-order valence-corrected chi connectivity index (χ4v) is 2.45. The minimum Gasteiger partial charge on any atom is -0.633 e. The summed E-state index contributed by atoms with van der Waals surface area (Å²) >= 11 is 0. The minimum absolute atomic E-state index is 0.0110. The quantitative estimate of drug-likeness (QED) is 0.448. The van der Waals surface area contributed by atoms with E-state index in [0.29, 0.717) is 13.1 Å². The fourth-order valence-electron chi connectivity index (χ4n) is 2.45. The molecule has 1 atom stereocenters. The second-order valence-electron chi connectivity index (χ2n) is 7.20. The highest BCUT2D eigenvalue weighted by Crippen LogP contribution is 2.21. The van der Waals surface area contributed by atoms with Gasteiger partial charge in [-0.05, 0) is 43.7 Å². The molecule has 0 saturated carbocycles. The van der Waals surface area contributed by atoms with E-state index in [1.54, 1.807) is 13.1 Å². The molecule has 0 saturated heterocycles. The SMILES string of the molecule is CC(C)(C)C#C/C=C/C[N+](C)([O-])Cc1cccc2ccccc12. The van der Waals surface area contributed by atoms with Crippen molar-refractivity contribution in [2.75, 3.05) is 13.6 Å². The second-order valence-corrected chi connectivity index (χ2v) is 7.20. The molecule has 0 aliphatic heterocycles. The molecule has 0 bridgehead atoms. The van der Waals surface area contributed by atoms with Crippen molar-refractivity contribution in [3.05, 3.63) is 65.4 Å². The largest absolute Gasteiger partial charge is 0.633 e. The first-order valence-electron chi connectivity index (χ1n) is 7.97. The highest BCUT2D eigenvalue weighted by atomic mass is 16.5. The Balaban J connectivity index is 2.08. The van der Waals surface area contributed by atoms with Gasteiger partial charge in [-0.3, -0.25) is 0 Å². The molecule has 120 valence electrons. The van der Waals surface area contributed by atoms with E-state index in [0.717, 1.165) is 10.9 Å². The molecule has 2 aromatic rings. The number of hydrogen-bond acceptors (Lipinski definition) is 1. The third-order valence-corrected chi connectivity index (χ3v) is 3.52. The molecule has 1 unspecified atom stereocenters. The van der Waals surface area contributed by atoms with Crippen LogP contribution in [0.25, 0.3) is 10.8 Å². The molecule has 2 rings (SSSR count). The van der Waals surface area contributed by atoms with Crippen LogP contribution >= 0.6 is 0 Å². The number of hydroxylamine groups is 3. The molecule has 0 heterocycles. The molecular formula is C21H25NO. The number of quaternary nitrogens is 1. The molecule has 0 aromatic heterocycles. The van der Waals surface area contributed by atoms with Crippen molar-refractivity contribution in [2.24, 2.45) is 5.41 Å². The molecule has 23 heavy (non-hydrogen) atoms. The highest BCUT2D eigenvalue weighted by Gasteiger charge is 2.11. The Morgan fingerprint density at radius 1 is 1.09 bits per heavy atom. The Labute approximate surface area is 139 Å². The van der Waals surface area contributed by atoms with Crippen molar-refractivity contribution in [2.45, 2.75) is 27.3 Å². The summed E-state index contributed by atoms with van der Waals surface area (Å²) in [5.74, 6) is 6.15. The van der Waals surface area contributed by atoms with Crippen molar-refractivity contribution >= 4 is 10.8 Å². The fraction of sp³-hybridized carbons (Fsp3) is 0.333. The lowest BCUT2D eigenvalue weighted by atomic mass is 9.98. The van der Waals surface area contributed by atoms with Crippen LogP contribution in [0.1, 0.15) is 26.3 Å². The predicted octanol–water partition coefficient (Wildman–Crippen LogP) is 4.89. The van der Waals surface area contributed by atoms with Crippen molar-refractivity contribution in [3.63, 3.8) is 0 Å². The Kier molecular flexibility index (Phi) is 5.26. The molecule has 2 aromatic carbocycles. The zero-order chi connectivity index (χ0) is 16.9. The van der Waals surface area contributed by atoms with Crippen LogP contribution in [0.2, 0.25) is 0 Å². The van der Waals surface area contributed by atoms with Gasteiger partial charge in [-0.15, -0.1) is 0 Å². The van der Waals surface area contributed by atoms with Gasteiger partial charge in [-0.1, -0.05) is 54.3 Å². The third-order valence-electron chi connectivity index (χ3n) is 3.52. The topological polar surface area (TPSA) is 23.1 Å². The Bertz CT molecular complexity index is 749. The average molecular weight is 307 g/mol. The Morgan fingerprint density at radius 2 is 1.78 bits per heavy atom. The number of allylic oxidation sites excluding steroid dienone is 1. The van der Waals surface area contributed by atoms with Gasteiger partial charge < -0.3 is 9.85 Å². The van der Waals surface area contributed by atoms with E-state index in [2.05, 4.69) is 50.8 Å². The van der Waals surface area contributed by atoms with E-state index in [1.165, 1.54) is 5.39 Å². The standard InChI is InChI=1S/C21H25NO/c1-21(2,3)15-8-5-9-16-22(4,23)17-19-13-10-12-18-11-6-7-14-20(18)19/h5-7,9-14H,16-17H2,1-4H3/b9-5+. The monoisotopic (exact) mass is 307 g/mol. The van der Waals surface area contributed by atoms with E-state index in [4.69, 9.17) is 0 Å². The molecule has 0 aliphatic rings. The van der Waals surface area contributed by atoms with Crippen LogP contribution in [-0.4, -0.2) is 18.2 Å². The van der Waals surface area contributed by atoms with Gasteiger partial charge in [0.25, 0.3) is 0 Å². The molecule has 0 radical (unpaired) electrons. The first kappa shape index (κ1) is 17.3. The normalized spacial score (nSPS) is 14.5. The van der Waals surface area contributed by atoms with E-state index >= 15 is 0 Å². The maximum atomic E-state index is 12.7. The molecule has 2 heteroatoms. The maximum Gasteiger partial charge on any atom is 0.105 e. The van der Waals surface area contributed by atoms with Gasteiger partial charge in [0.15, 0.2) is 0 Å². The number of hydrogen-bond donors (Lipinski definition) is 0. The van der Waals surface area contributed by atoms with Gasteiger partial charge in [-0.25, -0.2) is 0 Å². The highest BCUT2D eigenvalue weighted by molar-refractivity contribution is 5.85. The van der Waals surface area contributed by atoms with Gasteiger partial charge in [0.05, 0.1) is 13.6 Å². The Morgan fingerprint density at radius 3 is 2.52 bits per heavy atom. The Hall–Kier alpha value is -2.08. The molecule has 2 nitrogen and oxygen atoms in total. The molecule has 0 spiro atoms. The van der Waals surface area contributed by atoms with Crippen LogP contribution in [0, 0.1) is 22.5 Å². The van der Waals surface area contributed by atoms with Gasteiger partial charge in [0.1, 0.15) is 6.54 Å². The number of benzene rings is 2. The van der Waals surface area contributed by atoms with Crippen molar-refractivity contribution in [3.8, 4) is 11.8 Å². The molecule has 0 aliphatic carbocycles. The maximum absolute atomic E-state index is 12.7. The minimum atomic E-state index is -0.332. The number of fused-ring (bicyclic) bond motifs is 1. The summed E-state index contributed by atoms with van der Waals surface area (Å²) in [6, 6.07) is 14.3. The number of likely N-dealkylation sites (N-methyl/N-ethyl adjacent to an activating group) is 1. The zero-order valence-electron chi connectivity index (χ0n) is 14.5. The van der Waals surface area contributed by atoms with E-state index in [9.17, 15) is 5.21 Å². The van der Waals surface area contributed by atoms with Crippen LogP contribution in [0.15, 0.2) is 54.6 Å². The summed E-state index contributed by atoms with van der Waals surface area (Å²) in [7, 11) is 1.71. The van der Waals surface area contributed by atoms with E-state index in [1.807, 2.05) is 30.3 Å². The van der Waals surface area contributed by atoms with Crippen LogP contribution in [0.3, 0.4) is 0 Å². The van der Waals surface area contributed by atoms with Gasteiger partial charge in [-0.2, -0.15) is 0 Å². The first-order valence-corrected chi connectivity index (χ1v) is 7.97. The summed E-state index contributed by atoms with van der Waals surface area (Å²) in [6.45, 7) is 7.09. The van der Waals surface area contributed by atoms with Crippen molar-refractivity contribution < 1.29 is 4.65 Å². The van der Waals surface area contributed by atoms with Gasteiger partial charge >= 0.3 is 0 Å². The van der Waals surface area contributed by atoms with Gasteiger partial charge in [0.2, 0.25) is 0 Å². The number of rotatable bonds is 4.